The summed E-state index contributed by atoms with van der Waals surface area (Å²) in [5.41, 5.74) is 1.62. The van der Waals surface area contributed by atoms with Gasteiger partial charge in [-0.25, -0.2) is 4.39 Å². The quantitative estimate of drug-likeness (QED) is 0.916. The van der Waals surface area contributed by atoms with Gasteiger partial charge in [0.05, 0.1) is 31.5 Å². The van der Waals surface area contributed by atoms with E-state index in [2.05, 4.69) is 15.2 Å². The number of nitrogens with zero attached hydrogens (tertiary/aromatic N) is 2. The van der Waals surface area contributed by atoms with E-state index in [1.165, 1.54) is 19.0 Å². The first-order valence-corrected chi connectivity index (χ1v) is 9.05. The fraction of sp³-hybridized carbons (Fsp3) is 0.400. The molecule has 1 aromatic heterocycles. The summed E-state index contributed by atoms with van der Waals surface area (Å²) in [6.07, 6.45) is 5.13. The lowest BCUT2D eigenvalue weighted by Gasteiger charge is -2.28. The summed E-state index contributed by atoms with van der Waals surface area (Å²) in [5, 5.41) is 3.10. The zero-order valence-electron chi connectivity index (χ0n) is 14.5. The lowest BCUT2D eigenvalue weighted by Crippen LogP contribution is -2.50. The van der Waals surface area contributed by atoms with Crippen molar-refractivity contribution in [3.63, 3.8) is 0 Å². The van der Waals surface area contributed by atoms with Crippen molar-refractivity contribution in [1.82, 2.24) is 15.2 Å². The van der Waals surface area contributed by atoms with Crippen molar-refractivity contribution in [3.05, 3.63) is 54.1 Å². The minimum absolute atomic E-state index is 0.0121. The highest BCUT2D eigenvalue weighted by molar-refractivity contribution is 5.95. The summed E-state index contributed by atoms with van der Waals surface area (Å²) in [6, 6.07) is 8.87. The number of benzene rings is 1. The summed E-state index contributed by atoms with van der Waals surface area (Å²) in [4.78, 5) is 18.9. The fourth-order valence-electron chi connectivity index (χ4n) is 3.80. The molecule has 2 atom stereocenters. The minimum Gasteiger partial charge on any atom is -0.378 e. The van der Waals surface area contributed by atoms with Gasteiger partial charge in [-0.15, -0.1) is 0 Å². The molecule has 26 heavy (non-hydrogen) atoms. The number of halogens is 1. The maximum Gasteiger partial charge on any atom is 0.251 e. The number of carbonyl (C=O) groups is 1. The molecular formula is C20H22FN3O2. The Morgan fingerprint density at radius 3 is 2.88 bits per heavy atom. The molecule has 2 aromatic rings. The summed E-state index contributed by atoms with van der Waals surface area (Å²) < 4.78 is 19.6. The van der Waals surface area contributed by atoms with Gasteiger partial charge in [0.25, 0.3) is 5.91 Å². The Morgan fingerprint density at radius 1 is 1.23 bits per heavy atom. The van der Waals surface area contributed by atoms with Gasteiger partial charge in [0.2, 0.25) is 0 Å². The van der Waals surface area contributed by atoms with Crippen LogP contribution >= 0.6 is 0 Å². The SMILES string of the molecule is O=C(NC1COCC1N1CCCC1)c1cccc(-c2ccncc2F)c1. The van der Waals surface area contributed by atoms with E-state index >= 15 is 0 Å². The van der Waals surface area contributed by atoms with Crippen molar-refractivity contribution in [1.29, 1.82) is 0 Å². The smallest absolute Gasteiger partial charge is 0.251 e. The average molecular weight is 355 g/mol. The second-order valence-corrected chi connectivity index (χ2v) is 6.86. The molecule has 0 bridgehead atoms. The maximum absolute atomic E-state index is 14.0. The first kappa shape index (κ1) is 17.1. The number of rotatable bonds is 4. The zero-order valence-corrected chi connectivity index (χ0v) is 14.5. The molecule has 1 amide bonds. The zero-order chi connectivity index (χ0) is 17.9. The third kappa shape index (κ3) is 3.48. The summed E-state index contributed by atoms with van der Waals surface area (Å²) in [6.45, 7) is 3.33. The molecule has 5 nitrogen and oxygen atoms in total. The van der Waals surface area contributed by atoms with Gasteiger partial charge in [0, 0.05) is 17.3 Å². The van der Waals surface area contributed by atoms with Crippen LogP contribution in [0.15, 0.2) is 42.7 Å². The van der Waals surface area contributed by atoms with Gasteiger partial charge in [0.15, 0.2) is 0 Å². The van der Waals surface area contributed by atoms with Crippen molar-refractivity contribution < 1.29 is 13.9 Å². The molecule has 2 saturated heterocycles. The Hall–Kier alpha value is -2.31. The number of amides is 1. The second kappa shape index (κ2) is 7.51. The molecule has 0 spiro atoms. The molecule has 1 aromatic carbocycles. The second-order valence-electron chi connectivity index (χ2n) is 6.86. The van der Waals surface area contributed by atoms with Crippen LogP contribution in [0.5, 0.6) is 0 Å². The third-order valence-electron chi connectivity index (χ3n) is 5.18. The van der Waals surface area contributed by atoms with Gasteiger partial charge in [-0.2, -0.15) is 0 Å². The number of hydrogen-bond donors (Lipinski definition) is 1. The molecule has 2 unspecified atom stereocenters. The van der Waals surface area contributed by atoms with Crippen molar-refractivity contribution in [2.75, 3.05) is 26.3 Å². The van der Waals surface area contributed by atoms with Crippen molar-refractivity contribution in [2.24, 2.45) is 0 Å². The third-order valence-corrected chi connectivity index (χ3v) is 5.18. The molecular weight excluding hydrogens is 333 g/mol. The molecule has 0 aliphatic carbocycles. The van der Waals surface area contributed by atoms with Gasteiger partial charge < -0.3 is 10.1 Å². The van der Waals surface area contributed by atoms with E-state index in [1.807, 2.05) is 0 Å². The van der Waals surface area contributed by atoms with Gasteiger partial charge >= 0.3 is 0 Å². The minimum atomic E-state index is -0.400. The van der Waals surface area contributed by atoms with Crippen LogP contribution in [0.1, 0.15) is 23.2 Å². The highest BCUT2D eigenvalue weighted by Crippen LogP contribution is 2.23. The lowest BCUT2D eigenvalue weighted by molar-refractivity contribution is 0.0916. The van der Waals surface area contributed by atoms with E-state index in [1.54, 1.807) is 36.5 Å². The predicted octanol–water partition coefficient (Wildman–Crippen LogP) is 2.48. The van der Waals surface area contributed by atoms with E-state index in [0.29, 0.717) is 29.9 Å². The van der Waals surface area contributed by atoms with E-state index in [-0.39, 0.29) is 18.0 Å². The normalized spacial score (nSPS) is 23.3. The van der Waals surface area contributed by atoms with Crippen LogP contribution in [0.25, 0.3) is 11.1 Å². The lowest BCUT2D eigenvalue weighted by atomic mass is 10.0. The molecule has 3 heterocycles. The number of likely N-dealkylation sites (tertiary alicyclic amines) is 1. The van der Waals surface area contributed by atoms with E-state index in [9.17, 15) is 9.18 Å². The van der Waals surface area contributed by atoms with Gasteiger partial charge in [-0.1, -0.05) is 12.1 Å². The van der Waals surface area contributed by atoms with Crippen LogP contribution in [0.2, 0.25) is 0 Å². The summed E-state index contributed by atoms with van der Waals surface area (Å²) in [7, 11) is 0. The molecule has 136 valence electrons. The van der Waals surface area contributed by atoms with Crippen molar-refractivity contribution >= 4 is 5.91 Å². The van der Waals surface area contributed by atoms with E-state index in [4.69, 9.17) is 4.74 Å². The van der Waals surface area contributed by atoms with Crippen molar-refractivity contribution in [2.45, 2.75) is 24.9 Å². The molecule has 0 saturated carbocycles. The number of pyridine rings is 1. The Bertz CT molecular complexity index is 792. The first-order valence-electron chi connectivity index (χ1n) is 9.05. The van der Waals surface area contributed by atoms with E-state index in [0.717, 1.165) is 13.1 Å². The fourth-order valence-corrected chi connectivity index (χ4v) is 3.80. The summed E-state index contributed by atoms with van der Waals surface area (Å²) in [5.74, 6) is -0.552. The highest BCUT2D eigenvalue weighted by Gasteiger charge is 2.35. The number of carbonyl (C=O) groups excluding carboxylic acids is 1. The van der Waals surface area contributed by atoms with Crippen LogP contribution in [-0.4, -0.2) is 54.2 Å². The number of hydrogen-bond acceptors (Lipinski definition) is 4. The predicted molar refractivity (Wildman–Crippen MR) is 96.3 cm³/mol. The molecule has 1 N–H and O–H groups in total. The molecule has 6 heteroatoms. The van der Waals surface area contributed by atoms with Crippen LogP contribution in [0, 0.1) is 5.82 Å². The maximum atomic E-state index is 14.0. The van der Waals surface area contributed by atoms with Crippen molar-refractivity contribution in [3.8, 4) is 11.1 Å². The Morgan fingerprint density at radius 2 is 2.08 bits per heavy atom. The molecule has 2 aliphatic rings. The largest absolute Gasteiger partial charge is 0.378 e. The topological polar surface area (TPSA) is 54.5 Å². The standard InChI is InChI=1S/C20H22FN3O2/c21-17-11-22-7-6-16(17)14-4-3-5-15(10-14)20(25)23-18-12-26-13-19(18)24-8-1-2-9-24/h3-7,10-11,18-19H,1-2,8-9,12-13H2,(H,23,25). The number of aromatic nitrogens is 1. The average Bonchev–Trinajstić information content (AvgIpc) is 3.33. The number of nitrogens with one attached hydrogen (secondary N) is 1. The first-order chi connectivity index (χ1) is 12.7. The number of ether oxygens (including phenoxy) is 1. The molecule has 2 aliphatic heterocycles. The summed E-state index contributed by atoms with van der Waals surface area (Å²) >= 11 is 0. The molecule has 2 fully saturated rings. The Kier molecular flexibility index (Phi) is 4.95. The Balaban J connectivity index is 1.50. The monoisotopic (exact) mass is 355 g/mol. The van der Waals surface area contributed by atoms with Gasteiger partial charge in [-0.3, -0.25) is 14.7 Å². The van der Waals surface area contributed by atoms with Crippen LogP contribution < -0.4 is 5.32 Å². The Labute approximate surface area is 152 Å². The highest BCUT2D eigenvalue weighted by atomic mass is 19.1. The van der Waals surface area contributed by atoms with Gasteiger partial charge in [0.1, 0.15) is 5.82 Å². The molecule has 0 radical (unpaired) electrons. The van der Waals surface area contributed by atoms with E-state index < -0.39 is 5.82 Å². The van der Waals surface area contributed by atoms with Crippen LogP contribution in [0.3, 0.4) is 0 Å². The van der Waals surface area contributed by atoms with Crippen LogP contribution in [0.4, 0.5) is 4.39 Å². The molecule has 4 rings (SSSR count). The van der Waals surface area contributed by atoms with Gasteiger partial charge in [-0.05, 0) is 49.7 Å². The van der Waals surface area contributed by atoms with Crippen LogP contribution in [-0.2, 0) is 4.74 Å².